The van der Waals surface area contributed by atoms with Gasteiger partial charge < -0.3 is 0 Å². The van der Waals surface area contributed by atoms with E-state index in [1.165, 1.54) is 19.1 Å². The van der Waals surface area contributed by atoms with Crippen molar-refractivity contribution in [2.75, 3.05) is 0 Å². The van der Waals surface area contributed by atoms with E-state index in [1.54, 1.807) is 6.07 Å². The van der Waals surface area contributed by atoms with Gasteiger partial charge >= 0.3 is 5.69 Å². The third kappa shape index (κ3) is 2.78. The zero-order chi connectivity index (χ0) is 14.2. The van der Waals surface area contributed by atoms with Gasteiger partial charge in [-0.3, -0.25) is 10.1 Å². The van der Waals surface area contributed by atoms with E-state index < -0.39 is 4.92 Å². The van der Waals surface area contributed by atoms with Crippen molar-refractivity contribution in [1.82, 2.24) is 9.97 Å². The summed E-state index contributed by atoms with van der Waals surface area (Å²) in [4.78, 5) is 18.2. The lowest BCUT2D eigenvalue weighted by Crippen LogP contribution is -2.01. The van der Waals surface area contributed by atoms with Crippen LogP contribution in [0.15, 0.2) is 18.2 Å². The second kappa shape index (κ2) is 5.28. The molecule has 1 aromatic carbocycles. The Hall–Kier alpha value is -1.43. The standard InChI is InChI=1S/C11H6Cl3N3O2/c1-5-10(17(18)19)9(16-11(14)15-5)7-4-6(12)2-3-8(7)13/h2-4H,1H3. The predicted octanol–water partition coefficient (Wildman–Crippen LogP) is 4.32. The van der Waals surface area contributed by atoms with Gasteiger partial charge in [-0.25, -0.2) is 9.97 Å². The van der Waals surface area contributed by atoms with E-state index >= 15 is 0 Å². The molecule has 0 aliphatic carbocycles. The number of hydrogen-bond acceptors (Lipinski definition) is 4. The molecule has 0 amide bonds. The van der Waals surface area contributed by atoms with Crippen LogP contribution in [0, 0.1) is 17.0 Å². The maximum atomic E-state index is 11.1. The van der Waals surface area contributed by atoms with E-state index in [4.69, 9.17) is 34.8 Å². The van der Waals surface area contributed by atoms with Crippen molar-refractivity contribution >= 4 is 40.5 Å². The summed E-state index contributed by atoms with van der Waals surface area (Å²) in [6, 6.07) is 4.61. The Labute approximate surface area is 123 Å². The molecule has 0 saturated heterocycles. The molecule has 0 N–H and O–H groups in total. The van der Waals surface area contributed by atoms with Crippen LogP contribution < -0.4 is 0 Å². The highest BCUT2D eigenvalue weighted by atomic mass is 35.5. The first-order chi connectivity index (χ1) is 8.90. The minimum Gasteiger partial charge on any atom is -0.258 e. The Morgan fingerprint density at radius 1 is 1.21 bits per heavy atom. The van der Waals surface area contributed by atoms with Gasteiger partial charge in [0.05, 0.1) is 9.95 Å². The van der Waals surface area contributed by atoms with E-state index in [0.29, 0.717) is 15.6 Å². The summed E-state index contributed by atoms with van der Waals surface area (Å²) >= 11 is 17.6. The first kappa shape index (κ1) is 14.0. The van der Waals surface area contributed by atoms with Crippen molar-refractivity contribution in [3.05, 3.63) is 49.3 Å². The van der Waals surface area contributed by atoms with Crippen LogP contribution in [0.5, 0.6) is 0 Å². The van der Waals surface area contributed by atoms with E-state index in [0.717, 1.165) is 0 Å². The van der Waals surface area contributed by atoms with Gasteiger partial charge in [-0.2, -0.15) is 0 Å². The summed E-state index contributed by atoms with van der Waals surface area (Å²) in [5.41, 5.74) is 0.313. The van der Waals surface area contributed by atoms with Gasteiger partial charge in [-0.15, -0.1) is 0 Å². The van der Waals surface area contributed by atoms with Gasteiger partial charge in [0.2, 0.25) is 5.28 Å². The molecular formula is C11H6Cl3N3O2. The summed E-state index contributed by atoms with van der Waals surface area (Å²) in [6.07, 6.45) is 0. The van der Waals surface area contributed by atoms with Gasteiger partial charge in [0.15, 0.2) is 5.69 Å². The molecule has 0 bridgehead atoms. The molecule has 0 radical (unpaired) electrons. The van der Waals surface area contributed by atoms with E-state index in [2.05, 4.69) is 9.97 Å². The molecule has 0 saturated carbocycles. The van der Waals surface area contributed by atoms with Crippen LogP contribution in [-0.2, 0) is 0 Å². The van der Waals surface area contributed by atoms with Crippen LogP contribution in [0.4, 0.5) is 5.69 Å². The highest BCUT2D eigenvalue weighted by Gasteiger charge is 2.24. The fourth-order valence-electron chi connectivity index (χ4n) is 1.62. The summed E-state index contributed by atoms with van der Waals surface area (Å²) in [7, 11) is 0. The van der Waals surface area contributed by atoms with Crippen molar-refractivity contribution < 1.29 is 4.92 Å². The number of hydrogen-bond donors (Lipinski definition) is 0. The fourth-order valence-corrected chi connectivity index (χ4v) is 2.21. The first-order valence-electron chi connectivity index (χ1n) is 5.04. The van der Waals surface area contributed by atoms with E-state index in [9.17, 15) is 10.1 Å². The van der Waals surface area contributed by atoms with Crippen molar-refractivity contribution in [3.63, 3.8) is 0 Å². The van der Waals surface area contributed by atoms with Crippen LogP contribution in [0.3, 0.4) is 0 Å². The van der Waals surface area contributed by atoms with Crippen molar-refractivity contribution in [2.45, 2.75) is 6.92 Å². The molecule has 0 atom stereocenters. The number of nitrogens with zero attached hydrogens (tertiary/aromatic N) is 3. The molecule has 0 unspecified atom stereocenters. The number of rotatable bonds is 2. The highest BCUT2D eigenvalue weighted by Crippen LogP contribution is 2.36. The summed E-state index contributed by atoms with van der Waals surface area (Å²) < 4.78 is 0. The minimum absolute atomic E-state index is 0.0509. The molecule has 0 aliphatic rings. The normalized spacial score (nSPS) is 10.5. The Morgan fingerprint density at radius 2 is 1.89 bits per heavy atom. The van der Waals surface area contributed by atoms with E-state index in [-0.39, 0.29) is 22.4 Å². The first-order valence-corrected chi connectivity index (χ1v) is 6.17. The highest BCUT2D eigenvalue weighted by molar-refractivity contribution is 6.35. The van der Waals surface area contributed by atoms with Crippen molar-refractivity contribution in [1.29, 1.82) is 0 Å². The summed E-state index contributed by atoms with van der Waals surface area (Å²) in [5, 5.41) is 11.7. The molecule has 19 heavy (non-hydrogen) atoms. The van der Waals surface area contributed by atoms with Gasteiger partial charge in [0.1, 0.15) is 5.69 Å². The smallest absolute Gasteiger partial charge is 0.258 e. The molecule has 0 spiro atoms. The maximum absolute atomic E-state index is 11.1. The van der Waals surface area contributed by atoms with Crippen LogP contribution in [0.1, 0.15) is 5.69 Å². The number of nitro groups is 1. The number of halogens is 3. The molecule has 5 nitrogen and oxygen atoms in total. The number of aryl methyl sites for hydroxylation is 1. The zero-order valence-electron chi connectivity index (χ0n) is 9.52. The number of aromatic nitrogens is 2. The molecule has 8 heteroatoms. The molecule has 0 aliphatic heterocycles. The molecule has 1 heterocycles. The second-order valence-electron chi connectivity index (χ2n) is 3.66. The van der Waals surface area contributed by atoms with Gasteiger partial charge in [0.25, 0.3) is 0 Å². The largest absolute Gasteiger partial charge is 0.316 e. The molecule has 0 fully saturated rings. The summed E-state index contributed by atoms with van der Waals surface area (Å²) in [6.45, 7) is 1.48. The maximum Gasteiger partial charge on any atom is 0.316 e. The predicted molar refractivity (Wildman–Crippen MR) is 73.9 cm³/mol. The number of benzene rings is 1. The Balaban J connectivity index is 2.81. The lowest BCUT2D eigenvalue weighted by Gasteiger charge is -2.07. The van der Waals surface area contributed by atoms with Crippen molar-refractivity contribution in [2.24, 2.45) is 0 Å². The lowest BCUT2D eigenvalue weighted by atomic mass is 10.1. The van der Waals surface area contributed by atoms with E-state index in [1.807, 2.05) is 0 Å². The van der Waals surface area contributed by atoms with Crippen molar-refractivity contribution in [3.8, 4) is 11.3 Å². The third-order valence-corrected chi connectivity index (χ3v) is 3.13. The third-order valence-electron chi connectivity index (χ3n) is 2.40. The monoisotopic (exact) mass is 317 g/mol. The molecule has 1 aromatic heterocycles. The molecule has 2 aromatic rings. The lowest BCUT2D eigenvalue weighted by molar-refractivity contribution is -0.385. The second-order valence-corrected chi connectivity index (χ2v) is 4.84. The SMILES string of the molecule is Cc1nc(Cl)nc(-c2cc(Cl)ccc2Cl)c1[N+](=O)[O-]. The Morgan fingerprint density at radius 3 is 2.53 bits per heavy atom. The molecular weight excluding hydrogens is 312 g/mol. The molecule has 2 rings (SSSR count). The van der Waals surface area contributed by atoms with Gasteiger partial charge in [-0.1, -0.05) is 23.2 Å². The minimum atomic E-state index is -0.571. The molecule has 98 valence electrons. The zero-order valence-corrected chi connectivity index (χ0v) is 11.8. The van der Waals surface area contributed by atoms with Gasteiger partial charge in [0, 0.05) is 10.6 Å². The quantitative estimate of drug-likeness (QED) is 0.470. The van der Waals surface area contributed by atoms with Crippen LogP contribution in [-0.4, -0.2) is 14.9 Å². The topological polar surface area (TPSA) is 68.9 Å². The van der Waals surface area contributed by atoms with Gasteiger partial charge in [-0.05, 0) is 36.7 Å². The van der Waals surface area contributed by atoms with Crippen LogP contribution in [0.2, 0.25) is 15.3 Å². The average Bonchev–Trinajstić information content (AvgIpc) is 2.30. The fraction of sp³-hybridized carbons (Fsp3) is 0.0909. The van der Waals surface area contributed by atoms with Crippen LogP contribution >= 0.6 is 34.8 Å². The average molecular weight is 319 g/mol. The van der Waals surface area contributed by atoms with Crippen LogP contribution in [0.25, 0.3) is 11.3 Å². The Kier molecular flexibility index (Phi) is 3.89. The summed E-state index contributed by atoms with van der Waals surface area (Å²) in [5.74, 6) is 0. The Bertz CT molecular complexity index is 676.